The van der Waals surface area contributed by atoms with Crippen LogP contribution in [0.5, 0.6) is 11.5 Å². The van der Waals surface area contributed by atoms with E-state index < -0.39 is 0 Å². The number of ether oxygens (including phenoxy) is 2. The lowest BCUT2D eigenvalue weighted by atomic mass is 10.1. The number of nitrogens with zero attached hydrogens (tertiary/aromatic N) is 1. The number of aryl methyl sites for hydroxylation is 1. The fraction of sp³-hybridized carbons (Fsp3) is 0.280. The van der Waals surface area contributed by atoms with Crippen LogP contribution in [-0.2, 0) is 24.3 Å². The van der Waals surface area contributed by atoms with Crippen molar-refractivity contribution in [2.75, 3.05) is 12.8 Å². The Labute approximate surface area is 183 Å². The summed E-state index contributed by atoms with van der Waals surface area (Å²) in [5.41, 5.74) is 9.18. The molecular weight excluding hydrogens is 390 g/mol. The van der Waals surface area contributed by atoms with E-state index in [9.17, 15) is 4.79 Å². The molecule has 0 saturated carbocycles. The zero-order valence-corrected chi connectivity index (χ0v) is 18.1. The number of nitrogens with one attached hydrogen (secondary N) is 1. The van der Waals surface area contributed by atoms with E-state index in [0.717, 1.165) is 23.5 Å². The van der Waals surface area contributed by atoms with Crippen LogP contribution in [0.1, 0.15) is 46.9 Å². The third-order valence-corrected chi connectivity index (χ3v) is 4.85. The Morgan fingerprint density at radius 2 is 1.84 bits per heavy atom. The van der Waals surface area contributed by atoms with Gasteiger partial charge in [0.15, 0.2) is 0 Å². The molecule has 0 spiro atoms. The summed E-state index contributed by atoms with van der Waals surface area (Å²) in [7, 11) is 1.58. The molecule has 6 heteroatoms. The van der Waals surface area contributed by atoms with E-state index >= 15 is 0 Å². The monoisotopic (exact) mass is 419 g/mol. The Morgan fingerprint density at radius 3 is 2.55 bits per heavy atom. The molecule has 0 aliphatic heterocycles. The molecule has 0 radical (unpaired) electrons. The lowest BCUT2D eigenvalue weighted by molar-refractivity contribution is 0.0951. The first-order valence-corrected chi connectivity index (χ1v) is 10.5. The summed E-state index contributed by atoms with van der Waals surface area (Å²) in [6.45, 7) is 2.92. The van der Waals surface area contributed by atoms with Crippen molar-refractivity contribution in [2.45, 2.75) is 39.3 Å². The number of pyridine rings is 1. The summed E-state index contributed by atoms with van der Waals surface area (Å²) in [5, 5.41) is 2.87. The van der Waals surface area contributed by atoms with Crippen molar-refractivity contribution in [1.82, 2.24) is 10.3 Å². The molecule has 3 aromatic rings. The fourth-order valence-electron chi connectivity index (χ4n) is 3.17. The predicted molar refractivity (Wildman–Crippen MR) is 122 cm³/mol. The lowest BCUT2D eigenvalue weighted by Crippen LogP contribution is -2.24. The zero-order valence-electron chi connectivity index (χ0n) is 18.1. The number of carbonyl (C=O) groups excluding carboxylic acids is 1. The van der Waals surface area contributed by atoms with Crippen LogP contribution in [-0.4, -0.2) is 18.0 Å². The van der Waals surface area contributed by atoms with Gasteiger partial charge in [-0.05, 0) is 60.4 Å². The molecule has 2 aromatic carbocycles. The van der Waals surface area contributed by atoms with Gasteiger partial charge < -0.3 is 20.5 Å². The van der Waals surface area contributed by atoms with Crippen molar-refractivity contribution in [3.05, 3.63) is 83.0 Å². The van der Waals surface area contributed by atoms with Crippen LogP contribution in [0, 0.1) is 0 Å². The maximum atomic E-state index is 12.4. The quantitative estimate of drug-likeness (QED) is 0.489. The molecular formula is C25H29N3O3. The molecule has 0 fully saturated rings. The van der Waals surface area contributed by atoms with Gasteiger partial charge >= 0.3 is 0 Å². The topological polar surface area (TPSA) is 86.5 Å². The second-order valence-corrected chi connectivity index (χ2v) is 7.35. The van der Waals surface area contributed by atoms with E-state index in [-0.39, 0.29) is 11.7 Å². The SMILES string of the molecule is CCCCc1cccc(Oc2ccc(CNC(=O)c3ccc(COC)nc3N)cc2)c1. The Kier molecular flexibility index (Phi) is 8.01. The van der Waals surface area contributed by atoms with E-state index in [1.165, 1.54) is 18.4 Å². The first kappa shape index (κ1) is 22.3. The molecule has 1 heterocycles. The Hall–Kier alpha value is -3.38. The number of rotatable bonds is 10. The summed E-state index contributed by atoms with van der Waals surface area (Å²) in [4.78, 5) is 16.6. The van der Waals surface area contributed by atoms with Crippen LogP contribution in [0.2, 0.25) is 0 Å². The summed E-state index contributed by atoms with van der Waals surface area (Å²) >= 11 is 0. The standard InChI is InChI=1S/C25H29N3O3/c1-3-4-6-18-7-5-8-22(15-18)31-21-12-9-19(10-13-21)16-27-25(29)23-14-11-20(17-30-2)28-24(23)26/h5,7-15H,3-4,6,16-17H2,1-2H3,(H2,26,28)(H,27,29). The predicted octanol–water partition coefficient (Wildman–Crippen LogP) is 4.88. The third kappa shape index (κ3) is 6.55. The van der Waals surface area contributed by atoms with Crippen LogP contribution in [0.25, 0.3) is 0 Å². The Bertz CT molecular complexity index is 1000. The van der Waals surface area contributed by atoms with Gasteiger partial charge in [0.25, 0.3) is 5.91 Å². The molecule has 0 saturated heterocycles. The Balaban J connectivity index is 1.55. The van der Waals surface area contributed by atoms with Gasteiger partial charge in [-0.25, -0.2) is 4.98 Å². The second kappa shape index (κ2) is 11.1. The lowest BCUT2D eigenvalue weighted by Gasteiger charge is -2.10. The van der Waals surface area contributed by atoms with E-state index in [0.29, 0.717) is 24.4 Å². The highest BCUT2D eigenvalue weighted by Gasteiger charge is 2.11. The molecule has 6 nitrogen and oxygen atoms in total. The van der Waals surface area contributed by atoms with E-state index in [1.807, 2.05) is 36.4 Å². The van der Waals surface area contributed by atoms with Crippen molar-refractivity contribution in [3.8, 4) is 11.5 Å². The molecule has 0 aliphatic rings. The smallest absolute Gasteiger partial charge is 0.255 e. The largest absolute Gasteiger partial charge is 0.457 e. The van der Waals surface area contributed by atoms with Gasteiger partial charge in [0.2, 0.25) is 0 Å². The Morgan fingerprint density at radius 1 is 1.03 bits per heavy atom. The molecule has 1 amide bonds. The maximum absolute atomic E-state index is 12.4. The zero-order chi connectivity index (χ0) is 22.1. The molecule has 162 valence electrons. The maximum Gasteiger partial charge on any atom is 0.255 e. The molecule has 3 N–H and O–H groups in total. The van der Waals surface area contributed by atoms with Crippen molar-refractivity contribution in [1.29, 1.82) is 0 Å². The van der Waals surface area contributed by atoms with Gasteiger partial charge in [-0.2, -0.15) is 0 Å². The van der Waals surface area contributed by atoms with E-state index in [1.54, 1.807) is 19.2 Å². The highest BCUT2D eigenvalue weighted by atomic mass is 16.5. The normalized spacial score (nSPS) is 10.6. The van der Waals surface area contributed by atoms with Gasteiger partial charge in [-0.1, -0.05) is 37.6 Å². The molecule has 31 heavy (non-hydrogen) atoms. The first-order valence-electron chi connectivity index (χ1n) is 10.5. The van der Waals surface area contributed by atoms with E-state index in [4.69, 9.17) is 15.2 Å². The minimum Gasteiger partial charge on any atom is -0.457 e. The number of benzene rings is 2. The van der Waals surface area contributed by atoms with Gasteiger partial charge in [0.1, 0.15) is 17.3 Å². The number of carbonyl (C=O) groups is 1. The van der Waals surface area contributed by atoms with Gasteiger partial charge in [0, 0.05) is 13.7 Å². The number of amides is 1. The van der Waals surface area contributed by atoms with Crippen molar-refractivity contribution < 1.29 is 14.3 Å². The van der Waals surface area contributed by atoms with Crippen molar-refractivity contribution >= 4 is 11.7 Å². The summed E-state index contributed by atoms with van der Waals surface area (Å²) in [5.74, 6) is 1.51. The minimum atomic E-state index is -0.266. The number of aromatic nitrogens is 1. The number of hydrogen-bond acceptors (Lipinski definition) is 5. The third-order valence-electron chi connectivity index (χ3n) is 4.85. The number of hydrogen-bond donors (Lipinski definition) is 2. The molecule has 0 atom stereocenters. The van der Waals surface area contributed by atoms with Gasteiger partial charge in [-0.3, -0.25) is 4.79 Å². The number of nitrogens with two attached hydrogens (primary N) is 1. The molecule has 0 unspecified atom stereocenters. The van der Waals surface area contributed by atoms with Gasteiger partial charge in [0.05, 0.1) is 17.9 Å². The fourth-order valence-corrected chi connectivity index (χ4v) is 3.17. The molecule has 0 aliphatic carbocycles. The second-order valence-electron chi connectivity index (χ2n) is 7.35. The summed E-state index contributed by atoms with van der Waals surface area (Å²) < 4.78 is 11.0. The van der Waals surface area contributed by atoms with E-state index in [2.05, 4.69) is 29.4 Å². The number of nitrogen functional groups attached to an aromatic ring is 1. The van der Waals surface area contributed by atoms with Crippen LogP contribution in [0.15, 0.2) is 60.7 Å². The van der Waals surface area contributed by atoms with Crippen LogP contribution in [0.4, 0.5) is 5.82 Å². The summed E-state index contributed by atoms with van der Waals surface area (Å²) in [6.07, 6.45) is 3.40. The molecule has 0 bridgehead atoms. The van der Waals surface area contributed by atoms with Crippen molar-refractivity contribution in [2.24, 2.45) is 0 Å². The molecule has 3 rings (SSSR count). The molecule has 1 aromatic heterocycles. The average molecular weight is 420 g/mol. The number of anilines is 1. The van der Waals surface area contributed by atoms with Crippen LogP contribution in [0.3, 0.4) is 0 Å². The highest BCUT2D eigenvalue weighted by Crippen LogP contribution is 2.23. The summed E-state index contributed by atoms with van der Waals surface area (Å²) in [6, 6.07) is 19.2. The van der Waals surface area contributed by atoms with Crippen LogP contribution < -0.4 is 15.8 Å². The van der Waals surface area contributed by atoms with Crippen LogP contribution >= 0.6 is 0 Å². The average Bonchev–Trinajstić information content (AvgIpc) is 2.77. The highest BCUT2D eigenvalue weighted by molar-refractivity contribution is 5.98. The van der Waals surface area contributed by atoms with Gasteiger partial charge in [-0.15, -0.1) is 0 Å². The minimum absolute atomic E-state index is 0.192. The van der Waals surface area contributed by atoms with Crippen molar-refractivity contribution in [3.63, 3.8) is 0 Å². The first-order chi connectivity index (χ1) is 15.1. The number of unbranched alkanes of at least 4 members (excludes halogenated alkanes) is 1. The number of methoxy groups -OCH3 is 1.